The van der Waals surface area contributed by atoms with Crippen LogP contribution in [0.1, 0.15) is 37.4 Å². The summed E-state index contributed by atoms with van der Waals surface area (Å²) in [6, 6.07) is 8.88. The molecule has 196 valence electrons. The minimum atomic E-state index is -6.06. The first-order valence-electron chi connectivity index (χ1n) is 10.4. The van der Waals surface area contributed by atoms with E-state index >= 15 is 0 Å². The number of carbonyl (C=O) groups is 2. The molecule has 2 aromatic carbocycles. The Kier molecular flexibility index (Phi) is 7.31. The molecule has 0 unspecified atom stereocenters. The number of pyridine rings is 1. The lowest BCUT2D eigenvalue weighted by Crippen LogP contribution is -2.54. The molecule has 13 heteroatoms. The SMILES string of the molecule is Cc1cc(C(O)(C(F)(F)F)C(F)(F)F)cc(C)c1NC(=O)c1cccc(NC(=O)c2cccnc2F)c1. The normalized spacial score (nSPS) is 12.3. The molecule has 0 saturated carbocycles. The van der Waals surface area contributed by atoms with E-state index in [2.05, 4.69) is 15.6 Å². The van der Waals surface area contributed by atoms with Crippen molar-refractivity contribution in [1.29, 1.82) is 0 Å². The minimum Gasteiger partial charge on any atom is -0.369 e. The molecule has 0 atom stereocenters. The van der Waals surface area contributed by atoms with Crippen LogP contribution < -0.4 is 10.6 Å². The average Bonchev–Trinajstić information content (AvgIpc) is 2.79. The Morgan fingerprint density at radius 1 is 0.838 bits per heavy atom. The van der Waals surface area contributed by atoms with Crippen LogP contribution in [0.15, 0.2) is 54.7 Å². The second kappa shape index (κ2) is 9.81. The summed E-state index contributed by atoms with van der Waals surface area (Å²) in [5.41, 5.74) is -7.27. The Morgan fingerprint density at radius 2 is 1.43 bits per heavy atom. The first-order valence-corrected chi connectivity index (χ1v) is 10.4. The van der Waals surface area contributed by atoms with Crippen molar-refractivity contribution in [3.63, 3.8) is 0 Å². The van der Waals surface area contributed by atoms with Crippen LogP contribution in [0.2, 0.25) is 0 Å². The van der Waals surface area contributed by atoms with Crippen molar-refractivity contribution in [2.24, 2.45) is 0 Å². The lowest BCUT2D eigenvalue weighted by Gasteiger charge is -2.33. The Balaban J connectivity index is 1.87. The molecule has 3 aromatic rings. The number of halogens is 7. The predicted octanol–water partition coefficient (Wildman–Crippen LogP) is 5.65. The highest BCUT2D eigenvalue weighted by Gasteiger charge is 2.71. The second-order valence-corrected chi connectivity index (χ2v) is 8.02. The summed E-state index contributed by atoms with van der Waals surface area (Å²) < 4.78 is 93.2. The maximum Gasteiger partial charge on any atom is 0.430 e. The van der Waals surface area contributed by atoms with Crippen molar-refractivity contribution in [3.05, 3.63) is 88.5 Å². The molecule has 1 heterocycles. The van der Waals surface area contributed by atoms with Gasteiger partial charge < -0.3 is 15.7 Å². The highest BCUT2D eigenvalue weighted by Crippen LogP contribution is 2.50. The zero-order chi connectivity index (χ0) is 27.8. The lowest BCUT2D eigenvalue weighted by molar-refractivity contribution is -0.376. The van der Waals surface area contributed by atoms with Gasteiger partial charge in [0, 0.05) is 28.7 Å². The van der Waals surface area contributed by atoms with E-state index in [-0.39, 0.29) is 33.6 Å². The molecule has 0 aliphatic rings. The standard InChI is InChI=1S/C24H18F7N3O3/c1-12-9-15(22(37,23(26,27)28)24(29,30)31)10-13(2)18(12)34-20(35)14-5-3-6-16(11-14)33-21(36)17-7-4-8-32-19(17)25/h3-11,37H,1-2H3,(H,33,36)(H,34,35). The molecule has 0 aliphatic carbocycles. The van der Waals surface area contributed by atoms with Crippen molar-refractivity contribution >= 4 is 23.2 Å². The molecular weight excluding hydrogens is 511 g/mol. The van der Waals surface area contributed by atoms with E-state index in [1.165, 1.54) is 50.2 Å². The Bertz CT molecular complexity index is 1320. The van der Waals surface area contributed by atoms with Gasteiger partial charge in [-0.05, 0) is 55.3 Å². The molecule has 1 aromatic heterocycles. The van der Waals surface area contributed by atoms with Crippen molar-refractivity contribution in [2.75, 3.05) is 10.6 Å². The monoisotopic (exact) mass is 529 g/mol. The summed E-state index contributed by atoms with van der Waals surface area (Å²) in [5.74, 6) is -2.65. The van der Waals surface area contributed by atoms with Gasteiger partial charge in [-0.15, -0.1) is 0 Å². The van der Waals surface area contributed by atoms with Gasteiger partial charge in [0.1, 0.15) is 0 Å². The number of nitrogens with zero attached hydrogens (tertiary/aromatic N) is 1. The average molecular weight is 529 g/mol. The van der Waals surface area contributed by atoms with E-state index in [9.17, 15) is 45.4 Å². The number of amides is 2. The molecule has 3 rings (SSSR count). The van der Waals surface area contributed by atoms with Crippen LogP contribution in [0.25, 0.3) is 0 Å². The smallest absolute Gasteiger partial charge is 0.369 e. The molecule has 2 amide bonds. The van der Waals surface area contributed by atoms with Crippen molar-refractivity contribution in [3.8, 4) is 0 Å². The van der Waals surface area contributed by atoms with E-state index in [1.807, 2.05) is 0 Å². The third-order valence-electron chi connectivity index (χ3n) is 5.40. The topological polar surface area (TPSA) is 91.3 Å². The number of carbonyl (C=O) groups excluding carboxylic acids is 2. The molecule has 3 N–H and O–H groups in total. The van der Waals surface area contributed by atoms with Crippen LogP contribution >= 0.6 is 0 Å². The van der Waals surface area contributed by atoms with Gasteiger partial charge in [0.15, 0.2) is 0 Å². The molecule has 0 radical (unpaired) electrons. The number of rotatable bonds is 5. The van der Waals surface area contributed by atoms with Gasteiger partial charge in [-0.2, -0.15) is 30.7 Å². The van der Waals surface area contributed by atoms with Crippen molar-refractivity contribution in [1.82, 2.24) is 4.98 Å². The van der Waals surface area contributed by atoms with Gasteiger partial charge in [-0.1, -0.05) is 18.2 Å². The van der Waals surface area contributed by atoms with Gasteiger partial charge in [-0.25, -0.2) is 4.98 Å². The number of alkyl halides is 6. The molecule has 0 saturated heterocycles. The van der Waals surface area contributed by atoms with Crippen LogP contribution in [0.3, 0.4) is 0 Å². The van der Waals surface area contributed by atoms with E-state index in [1.54, 1.807) is 0 Å². The third-order valence-corrected chi connectivity index (χ3v) is 5.40. The summed E-state index contributed by atoms with van der Waals surface area (Å²) in [7, 11) is 0. The van der Waals surface area contributed by atoms with E-state index in [4.69, 9.17) is 0 Å². The summed E-state index contributed by atoms with van der Waals surface area (Å²) in [4.78, 5) is 28.4. The Morgan fingerprint density at radius 3 is 1.97 bits per heavy atom. The highest BCUT2D eigenvalue weighted by molar-refractivity contribution is 6.07. The zero-order valence-electron chi connectivity index (χ0n) is 19.1. The summed E-state index contributed by atoms with van der Waals surface area (Å²) in [6.45, 7) is 2.33. The maximum atomic E-state index is 13.7. The molecule has 37 heavy (non-hydrogen) atoms. The van der Waals surface area contributed by atoms with E-state index < -0.39 is 41.3 Å². The number of hydrogen-bond acceptors (Lipinski definition) is 4. The minimum absolute atomic E-state index is 0.0329. The number of nitrogens with one attached hydrogen (secondary N) is 2. The van der Waals surface area contributed by atoms with Crippen LogP contribution in [0, 0.1) is 19.8 Å². The maximum absolute atomic E-state index is 13.7. The molecular formula is C24H18F7N3O3. The number of aliphatic hydroxyl groups is 1. The third kappa shape index (κ3) is 5.40. The highest BCUT2D eigenvalue weighted by atomic mass is 19.4. The quantitative estimate of drug-likeness (QED) is 0.294. The molecule has 0 bridgehead atoms. The van der Waals surface area contributed by atoms with Crippen LogP contribution in [-0.4, -0.2) is 34.3 Å². The fourth-order valence-electron chi connectivity index (χ4n) is 3.54. The van der Waals surface area contributed by atoms with Crippen LogP contribution in [-0.2, 0) is 5.60 Å². The van der Waals surface area contributed by atoms with Gasteiger partial charge in [0.25, 0.3) is 17.4 Å². The molecule has 0 spiro atoms. The van der Waals surface area contributed by atoms with E-state index in [0.717, 1.165) is 6.20 Å². The largest absolute Gasteiger partial charge is 0.430 e. The second-order valence-electron chi connectivity index (χ2n) is 8.02. The first-order chi connectivity index (χ1) is 17.1. The van der Waals surface area contributed by atoms with Gasteiger partial charge in [0.05, 0.1) is 5.56 Å². The first kappa shape index (κ1) is 27.6. The van der Waals surface area contributed by atoms with Crippen molar-refractivity contribution < 1.29 is 45.4 Å². The predicted molar refractivity (Wildman–Crippen MR) is 118 cm³/mol. The van der Waals surface area contributed by atoms with Gasteiger partial charge in [0.2, 0.25) is 5.95 Å². The summed E-state index contributed by atoms with van der Waals surface area (Å²) in [5, 5.41) is 14.5. The van der Waals surface area contributed by atoms with E-state index in [0.29, 0.717) is 12.1 Å². The molecule has 0 aliphatic heterocycles. The number of aromatic nitrogens is 1. The number of aryl methyl sites for hydroxylation is 2. The number of anilines is 2. The van der Waals surface area contributed by atoms with Crippen LogP contribution in [0.4, 0.5) is 42.1 Å². The summed E-state index contributed by atoms with van der Waals surface area (Å²) >= 11 is 0. The fraction of sp³-hybridized carbons (Fsp3) is 0.208. The van der Waals surface area contributed by atoms with Crippen LogP contribution in [0.5, 0.6) is 0 Å². The number of benzene rings is 2. The lowest BCUT2D eigenvalue weighted by atomic mass is 9.89. The van der Waals surface area contributed by atoms with Gasteiger partial charge in [-0.3, -0.25) is 9.59 Å². The van der Waals surface area contributed by atoms with Gasteiger partial charge >= 0.3 is 12.4 Å². The molecule has 6 nitrogen and oxygen atoms in total. The molecule has 0 fully saturated rings. The summed E-state index contributed by atoms with van der Waals surface area (Å²) in [6.07, 6.45) is -11.0. The Hall–Kier alpha value is -4.00. The fourth-order valence-corrected chi connectivity index (χ4v) is 3.54. The van der Waals surface area contributed by atoms with Crippen molar-refractivity contribution in [2.45, 2.75) is 31.8 Å². The number of hydrogen-bond donors (Lipinski definition) is 3. The Labute approximate surface area is 205 Å². The zero-order valence-corrected chi connectivity index (χ0v) is 19.1.